The molecule has 0 spiro atoms. The number of nitrogens with one attached hydrogen (secondary N) is 1. The Hall–Kier alpha value is -2.23. The zero-order valence-electron chi connectivity index (χ0n) is 11.8. The van der Waals surface area contributed by atoms with Crippen molar-refractivity contribution in [2.75, 3.05) is 5.32 Å². The molecule has 0 atom stereocenters. The first-order valence-corrected chi connectivity index (χ1v) is 6.87. The summed E-state index contributed by atoms with van der Waals surface area (Å²) in [4.78, 5) is 27.2. The first-order valence-electron chi connectivity index (χ1n) is 6.00. The van der Waals surface area contributed by atoms with Gasteiger partial charge in [-0.3, -0.25) is 19.6 Å². The van der Waals surface area contributed by atoms with Crippen LogP contribution in [0.2, 0.25) is 0 Å². The summed E-state index contributed by atoms with van der Waals surface area (Å²) in [6.45, 7) is 3.18. The van der Waals surface area contributed by atoms with Crippen LogP contribution < -0.4 is 5.32 Å². The van der Waals surface area contributed by atoms with E-state index in [4.69, 9.17) is 0 Å². The standard InChI is InChI=1S/C12H11F3N4O2S/c1-5-8(6(2)19(3)18-5)9(20)10(21)17-11-16-7(4-22-11)12(13,14)15/h4H,1-3H3,(H,16,17,21). The lowest BCUT2D eigenvalue weighted by atomic mass is 10.1. The number of Topliss-reactive ketones (excluding diaryl/α,β-unsaturated/α-hetero) is 1. The van der Waals surface area contributed by atoms with E-state index in [0.29, 0.717) is 22.7 Å². The van der Waals surface area contributed by atoms with E-state index in [1.54, 1.807) is 20.9 Å². The lowest BCUT2D eigenvalue weighted by Crippen LogP contribution is -2.24. The second-order valence-electron chi connectivity index (χ2n) is 4.49. The summed E-state index contributed by atoms with van der Waals surface area (Å²) in [5, 5.41) is 6.57. The molecule has 10 heteroatoms. The average molecular weight is 332 g/mol. The van der Waals surface area contributed by atoms with Crippen molar-refractivity contribution in [2.45, 2.75) is 20.0 Å². The first-order chi connectivity index (χ1) is 10.1. The van der Waals surface area contributed by atoms with Crippen molar-refractivity contribution in [1.82, 2.24) is 14.8 Å². The molecular formula is C12H11F3N4O2S. The fourth-order valence-electron chi connectivity index (χ4n) is 1.83. The van der Waals surface area contributed by atoms with Crippen molar-refractivity contribution in [3.05, 3.63) is 28.0 Å². The highest BCUT2D eigenvalue weighted by Crippen LogP contribution is 2.31. The predicted molar refractivity (Wildman–Crippen MR) is 72.8 cm³/mol. The predicted octanol–water partition coefficient (Wildman–Crippen LogP) is 2.33. The molecule has 118 valence electrons. The van der Waals surface area contributed by atoms with Crippen LogP contribution in [0.4, 0.5) is 18.3 Å². The van der Waals surface area contributed by atoms with E-state index in [0.717, 1.165) is 5.38 Å². The monoisotopic (exact) mass is 332 g/mol. The van der Waals surface area contributed by atoms with Gasteiger partial charge in [-0.15, -0.1) is 11.3 Å². The Morgan fingerprint density at radius 2 is 1.95 bits per heavy atom. The number of hydrogen-bond acceptors (Lipinski definition) is 5. The van der Waals surface area contributed by atoms with E-state index < -0.39 is 23.6 Å². The molecule has 1 N–H and O–H groups in total. The fourth-order valence-corrected chi connectivity index (χ4v) is 2.54. The van der Waals surface area contributed by atoms with Crippen LogP contribution in [0.15, 0.2) is 5.38 Å². The molecule has 2 aromatic heterocycles. The van der Waals surface area contributed by atoms with E-state index in [2.05, 4.69) is 15.4 Å². The Morgan fingerprint density at radius 3 is 2.41 bits per heavy atom. The molecule has 0 bridgehead atoms. The number of rotatable bonds is 3. The number of aromatic nitrogens is 3. The molecular weight excluding hydrogens is 321 g/mol. The highest BCUT2D eigenvalue weighted by molar-refractivity contribution is 7.14. The summed E-state index contributed by atoms with van der Waals surface area (Å²) in [5.41, 5.74) is -0.121. The topological polar surface area (TPSA) is 76.9 Å². The van der Waals surface area contributed by atoms with Gasteiger partial charge >= 0.3 is 6.18 Å². The Kier molecular flexibility index (Phi) is 4.05. The maximum atomic E-state index is 12.4. The third kappa shape index (κ3) is 3.01. The first kappa shape index (κ1) is 16.1. The van der Waals surface area contributed by atoms with Gasteiger partial charge < -0.3 is 0 Å². The Balaban J connectivity index is 2.19. The maximum Gasteiger partial charge on any atom is 0.434 e. The van der Waals surface area contributed by atoms with Crippen LogP contribution in [0.25, 0.3) is 0 Å². The molecule has 2 aromatic rings. The summed E-state index contributed by atoms with van der Waals surface area (Å²) < 4.78 is 38.7. The number of carbonyl (C=O) groups excluding carboxylic acids is 2. The lowest BCUT2D eigenvalue weighted by Gasteiger charge is -2.02. The van der Waals surface area contributed by atoms with Gasteiger partial charge in [0.05, 0.1) is 11.3 Å². The van der Waals surface area contributed by atoms with Gasteiger partial charge in [-0.25, -0.2) is 4.98 Å². The number of ketones is 1. The SMILES string of the molecule is Cc1nn(C)c(C)c1C(=O)C(=O)Nc1nc(C(F)(F)F)cs1. The largest absolute Gasteiger partial charge is 0.434 e. The van der Waals surface area contributed by atoms with Crippen LogP contribution >= 0.6 is 11.3 Å². The van der Waals surface area contributed by atoms with Gasteiger partial charge in [0.15, 0.2) is 10.8 Å². The fraction of sp³-hybridized carbons (Fsp3) is 0.333. The molecule has 6 nitrogen and oxygen atoms in total. The Labute approximate surface area is 127 Å². The number of alkyl halides is 3. The average Bonchev–Trinajstić information content (AvgIpc) is 2.95. The van der Waals surface area contributed by atoms with Gasteiger partial charge in [-0.05, 0) is 13.8 Å². The van der Waals surface area contributed by atoms with Crippen molar-refractivity contribution in [2.24, 2.45) is 7.05 Å². The molecule has 0 aromatic carbocycles. The molecule has 0 unspecified atom stereocenters. The van der Waals surface area contributed by atoms with Crippen molar-refractivity contribution in [3.8, 4) is 0 Å². The molecule has 0 aliphatic rings. The van der Waals surface area contributed by atoms with E-state index in [-0.39, 0.29) is 10.7 Å². The van der Waals surface area contributed by atoms with Crippen LogP contribution in [0, 0.1) is 13.8 Å². The van der Waals surface area contributed by atoms with Crippen LogP contribution in [0.5, 0.6) is 0 Å². The Bertz CT molecular complexity index is 748. The Morgan fingerprint density at radius 1 is 1.32 bits per heavy atom. The van der Waals surface area contributed by atoms with Crippen LogP contribution in [0.1, 0.15) is 27.4 Å². The number of hydrogen-bond donors (Lipinski definition) is 1. The maximum absolute atomic E-state index is 12.4. The van der Waals surface area contributed by atoms with E-state index >= 15 is 0 Å². The minimum absolute atomic E-state index is 0.132. The summed E-state index contributed by atoms with van der Waals surface area (Å²) in [6.07, 6.45) is -4.60. The quantitative estimate of drug-likeness (QED) is 0.691. The van der Waals surface area contributed by atoms with Crippen LogP contribution in [0.3, 0.4) is 0 Å². The van der Waals surface area contributed by atoms with Crippen molar-refractivity contribution >= 4 is 28.2 Å². The van der Waals surface area contributed by atoms with E-state index in [1.807, 2.05) is 0 Å². The van der Waals surface area contributed by atoms with Gasteiger partial charge in [0, 0.05) is 18.1 Å². The molecule has 1 amide bonds. The smallest absolute Gasteiger partial charge is 0.295 e. The molecule has 0 aliphatic heterocycles. The molecule has 0 fully saturated rings. The minimum Gasteiger partial charge on any atom is -0.295 e. The van der Waals surface area contributed by atoms with Gasteiger partial charge in [0.25, 0.3) is 11.7 Å². The third-order valence-electron chi connectivity index (χ3n) is 2.96. The van der Waals surface area contributed by atoms with E-state index in [1.165, 1.54) is 4.68 Å². The number of amides is 1. The van der Waals surface area contributed by atoms with Crippen molar-refractivity contribution < 1.29 is 22.8 Å². The number of aryl methyl sites for hydroxylation is 2. The number of nitrogens with zero attached hydrogens (tertiary/aromatic N) is 3. The van der Waals surface area contributed by atoms with Crippen molar-refractivity contribution in [3.63, 3.8) is 0 Å². The molecule has 2 rings (SSSR count). The number of carbonyl (C=O) groups is 2. The molecule has 0 aliphatic carbocycles. The normalized spacial score (nSPS) is 11.5. The third-order valence-corrected chi connectivity index (χ3v) is 3.72. The molecule has 0 radical (unpaired) electrons. The molecule has 0 saturated heterocycles. The minimum atomic E-state index is -4.60. The summed E-state index contributed by atoms with van der Waals surface area (Å²) >= 11 is 0.595. The lowest BCUT2D eigenvalue weighted by molar-refractivity contribution is -0.140. The van der Waals surface area contributed by atoms with Gasteiger partial charge in [0.1, 0.15) is 0 Å². The highest BCUT2D eigenvalue weighted by atomic mass is 32.1. The molecule has 2 heterocycles. The van der Waals surface area contributed by atoms with Gasteiger partial charge in [-0.1, -0.05) is 0 Å². The number of halogens is 3. The second kappa shape index (κ2) is 5.52. The second-order valence-corrected chi connectivity index (χ2v) is 5.35. The zero-order chi connectivity index (χ0) is 16.7. The van der Waals surface area contributed by atoms with Crippen LogP contribution in [-0.4, -0.2) is 26.5 Å². The summed E-state index contributed by atoms with van der Waals surface area (Å²) in [5.74, 6) is -1.92. The molecule has 0 saturated carbocycles. The highest BCUT2D eigenvalue weighted by Gasteiger charge is 2.34. The van der Waals surface area contributed by atoms with Crippen molar-refractivity contribution in [1.29, 1.82) is 0 Å². The van der Waals surface area contributed by atoms with E-state index in [9.17, 15) is 22.8 Å². The number of thiazole rings is 1. The summed E-state index contributed by atoms with van der Waals surface area (Å²) in [6, 6.07) is 0. The number of anilines is 1. The van der Waals surface area contributed by atoms with Gasteiger partial charge in [0.2, 0.25) is 0 Å². The summed E-state index contributed by atoms with van der Waals surface area (Å²) in [7, 11) is 1.62. The van der Waals surface area contributed by atoms with Crippen LogP contribution in [-0.2, 0) is 18.0 Å². The van der Waals surface area contributed by atoms with Gasteiger partial charge in [-0.2, -0.15) is 18.3 Å². The zero-order valence-corrected chi connectivity index (χ0v) is 12.6. The molecule has 22 heavy (non-hydrogen) atoms.